The Morgan fingerprint density at radius 3 is 2.59 bits per heavy atom. The minimum atomic E-state index is -0.519. The highest BCUT2D eigenvalue weighted by atomic mass is 16.5. The van der Waals surface area contributed by atoms with E-state index < -0.39 is 6.04 Å². The van der Waals surface area contributed by atoms with E-state index in [1.54, 1.807) is 6.92 Å². The standard InChI is InChI=1S/C15H26N4O3/c1-5-9-16-15(21)11(4)17-12(20)7-6-8-13-18-14(10(2)3)19-22-13/h10-11H,5-9H2,1-4H3,(H,16,21)(H,17,20). The Labute approximate surface area is 131 Å². The molecule has 0 radical (unpaired) electrons. The second-order valence-electron chi connectivity index (χ2n) is 5.63. The summed E-state index contributed by atoms with van der Waals surface area (Å²) >= 11 is 0. The molecule has 7 nitrogen and oxygen atoms in total. The van der Waals surface area contributed by atoms with Gasteiger partial charge in [0, 0.05) is 25.3 Å². The molecule has 7 heteroatoms. The van der Waals surface area contributed by atoms with E-state index in [-0.39, 0.29) is 17.7 Å². The Kier molecular flexibility index (Phi) is 7.56. The SMILES string of the molecule is CCCNC(=O)C(C)NC(=O)CCCc1nc(C(C)C)no1. The number of nitrogens with zero attached hydrogens (tertiary/aromatic N) is 2. The van der Waals surface area contributed by atoms with Crippen molar-refractivity contribution in [3.8, 4) is 0 Å². The number of rotatable bonds is 9. The summed E-state index contributed by atoms with van der Waals surface area (Å²) in [7, 11) is 0. The molecule has 1 aromatic heterocycles. The van der Waals surface area contributed by atoms with Crippen molar-refractivity contribution in [1.29, 1.82) is 0 Å². The first-order valence-electron chi connectivity index (χ1n) is 7.83. The zero-order valence-corrected chi connectivity index (χ0v) is 13.8. The van der Waals surface area contributed by atoms with Crippen LogP contribution >= 0.6 is 0 Å². The van der Waals surface area contributed by atoms with Gasteiger partial charge in [-0.25, -0.2) is 0 Å². The Balaban J connectivity index is 2.26. The van der Waals surface area contributed by atoms with Crippen LogP contribution in [-0.4, -0.2) is 34.5 Å². The van der Waals surface area contributed by atoms with Gasteiger partial charge in [0.05, 0.1) is 0 Å². The van der Waals surface area contributed by atoms with E-state index in [0.29, 0.717) is 37.5 Å². The molecule has 22 heavy (non-hydrogen) atoms. The average molecular weight is 310 g/mol. The molecule has 2 N–H and O–H groups in total. The van der Waals surface area contributed by atoms with E-state index in [0.717, 1.165) is 6.42 Å². The number of carbonyl (C=O) groups excluding carboxylic acids is 2. The van der Waals surface area contributed by atoms with Crippen LogP contribution in [0, 0.1) is 0 Å². The highest BCUT2D eigenvalue weighted by Gasteiger charge is 2.15. The summed E-state index contributed by atoms with van der Waals surface area (Å²) in [5, 5.41) is 9.30. The van der Waals surface area contributed by atoms with Gasteiger partial charge in [-0.3, -0.25) is 9.59 Å². The van der Waals surface area contributed by atoms with Crippen molar-refractivity contribution in [3.05, 3.63) is 11.7 Å². The van der Waals surface area contributed by atoms with Gasteiger partial charge in [-0.2, -0.15) is 4.98 Å². The number of nitrogens with one attached hydrogen (secondary N) is 2. The molecule has 0 aliphatic heterocycles. The van der Waals surface area contributed by atoms with E-state index in [2.05, 4.69) is 20.8 Å². The Morgan fingerprint density at radius 2 is 2.00 bits per heavy atom. The third-order valence-corrected chi connectivity index (χ3v) is 3.11. The summed E-state index contributed by atoms with van der Waals surface area (Å²) in [6.45, 7) is 8.26. The van der Waals surface area contributed by atoms with Crippen molar-refractivity contribution in [2.24, 2.45) is 0 Å². The fourth-order valence-corrected chi connectivity index (χ4v) is 1.78. The van der Waals surface area contributed by atoms with Crippen molar-refractivity contribution < 1.29 is 14.1 Å². The summed E-state index contributed by atoms with van der Waals surface area (Å²) in [6, 6.07) is -0.519. The highest BCUT2D eigenvalue weighted by Crippen LogP contribution is 2.11. The van der Waals surface area contributed by atoms with E-state index in [1.807, 2.05) is 20.8 Å². The van der Waals surface area contributed by atoms with Crippen molar-refractivity contribution >= 4 is 11.8 Å². The zero-order valence-electron chi connectivity index (χ0n) is 13.8. The van der Waals surface area contributed by atoms with Crippen LogP contribution in [0.5, 0.6) is 0 Å². The average Bonchev–Trinajstić information content (AvgIpc) is 2.93. The minimum absolute atomic E-state index is 0.150. The molecular formula is C15H26N4O3. The van der Waals surface area contributed by atoms with Crippen LogP contribution in [0.1, 0.15) is 64.6 Å². The molecule has 1 heterocycles. The van der Waals surface area contributed by atoms with Gasteiger partial charge in [0.2, 0.25) is 17.7 Å². The predicted octanol–water partition coefficient (Wildman–Crippen LogP) is 1.55. The second kappa shape index (κ2) is 9.17. The van der Waals surface area contributed by atoms with Gasteiger partial charge in [0.25, 0.3) is 0 Å². The molecule has 0 fully saturated rings. The van der Waals surface area contributed by atoms with Crippen LogP contribution in [0.4, 0.5) is 0 Å². The molecule has 0 saturated carbocycles. The number of hydrogen-bond donors (Lipinski definition) is 2. The lowest BCUT2D eigenvalue weighted by Gasteiger charge is -2.13. The Morgan fingerprint density at radius 1 is 1.27 bits per heavy atom. The molecule has 0 aliphatic rings. The predicted molar refractivity (Wildman–Crippen MR) is 82.2 cm³/mol. The third-order valence-electron chi connectivity index (χ3n) is 3.11. The van der Waals surface area contributed by atoms with Gasteiger partial charge < -0.3 is 15.2 Å². The van der Waals surface area contributed by atoms with Crippen molar-refractivity contribution in [2.75, 3.05) is 6.54 Å². The van der Waals surface area contributed by atoms with Crippen LogP contribution in [0.15, 0.2) is 4.52 Å². The molecule has 1 unspecified atom stereocenters. The van der Waals surface area contributed by atoms with Gasteiger partial charge in [-0.15, -0.1) is 0 Å². The normalized spacial score (nSPS) is 12.2. The van der Waals surface area contributed by atoms with E-state index >= 15 is 0 Å². The van der Waals surface area contributed by atoms with Gasteiger partial charge in [0.1, 0.15) is 6.04 Å². The van der Waals surface area contributed by atoms with Gasteiger partial charge in [-0.05, 0) is 19.8 Å². The molecule has 0 aliphatic carbocycles. The van der Waals surface area contributed by atoms with Crippen molar-refractivity contribution in [1.82, 2.24) is 20.8 Å². The number of aryl methyl sites for hydroxylation is 1. The molecule has 1 rings (SSSR count). The minimum Gasteiger partial charge on any atom is -0.354 e. The summed E-state index contributed by atoms with van der Waals surface area (Å²) < 4.78 is 5.11. The lowest BCUT2D eigenvalue weighted by atomic mass is 10.2. The Hall–Kier alpha value is -1.92. The quantitative estimate of drug-likeness (QED) is 0.721. The lowest BCUT2D eigenvalue weighted by Crippen LogP contribution is -2.44. The second-order valence-corrected chi connectivity index (χ2v) is 5.63. The largest absolute Gasteiger partial charge is 0.354 e. The fourth-order valence-electron chi connectivity index (χ4n) is 1.78. The molecule has 0 spiro atoms. The lowest BCUT2D eigenvalue weighted by molar-refractivity contribution is -0.128. The van der Waals surface area contributed by atoms with Crippen LogP contribution in [0.3, 0.4) is 0 Å². The highest BCUT2D eigenvalue weighted by molar-refractivity contribution is 5.87. The number of hydrogen-bond acceptors (Lipinski definition) is 5. The maximum atomic E-state index is 11.8. The maximum absolute atomic E-state index is 11.8. The molecule has 124 valence electrons. The number of amides is 2. The van der Waals surface area contributed by atoms with Gasteiger partial charge in [-0.1, -0.05) is 25.9 Å². The molecule has 0 aromatic carbocycles. The van der Waals surface area contributed by atoms with Crippen LogP contribution in [0.25, 0.3) is 0 Å². The Bertz CT molecular complexity index is 485. The smallest absolute Gasteiger partial charge is 0.242 e. The number of aromatic nitrogens is 2. The zero-order chi connectivity index (χ0) is 16.5. The van der Waals surface area contributed by atoms with Crippen LogP contribution in [0.2, 0.25) is 0 Å². The molecule has 1 aromatic rings. The molecule has 0 bridgehead atoms. The summed E-state index contributed by atoms with van der Waals surface area (Å²) in [4.78, 5) is 27.7. The molecule has 1 atom stereocenters. The van der Waals surface area contributed by atoms with Crippen LogP contribution in [-0.2, 0) is 16.0 Å². The monoisotopic (exact) mass is 310 g/mol. The molecular weight excluding hydrogens is 284 g/mol. The van der Waals surface area contributed by atoms with Crippen molar-refractivity contribution in [3.63, 3.8) is 0 Å². The third kappa shape index (κ3) is 6.24. The van der Waals surface area contributed by atoms with E-state index in [4.69, 9.17) is 4.52 Å². The van der Waals surface area contributed by atoms with E-state index in [9.17, 15) is 9.59 Å². The van der Waals surface area contributed by atoms with Gasteiger partial charge in [0.15, 0.2) is 5.82 Å². The molecule has 2 amide bonds. The first kappa shape index (κ1) is 18.1. The summed E-state index contributed by atoms with van der Waals surface area (Å²) in [5.74, 6) is 1.14. The van der Waals surface area contributed by atoms with Crippen molar-refractivity contribution in [2.45, 2.75) is 65.3 Å². The first-order valence-corrected chi connectivity index (χ1v) is 7.83. The molecule has 0 saturated heterocycles. The summed E-state index contributed by atoms with van der Waals surface area (Å²) in [5.41, 5.74) is 0. The summed E-state index contributed by atoms with van der Waals surface area (Å²) in [6.07, 6.45) is 2.36. The topological polar surface area (TPSA) is 97.1 Å². The van der Waals surface area contributed by atoms with Crippen LogP contribution < -0.4 is 10.6 Å². The maximum Gasteiger partial charge on any atom is 0.242 e. The van der Waals surface area contributed by atoms with Gasteiger partial charge >= 0.3 is 0 Å². The van der Waals surface area contributed by atoms with E-state index in [1.165, 1.54) is 0 Å². The first-order chi connectivity index (χ1) is 10.4. The number of carbonyl (C=O) groups is 2. The fraction of sp³-hybridized carbons (Fsp3) is 0.733.